The molecule has 4 heteroatoms. The van der Waals surface area contributed by atoms with Crippen LogP contribution in [0, 0.1) is 25.2 Å². The number of rotatable bonds is 1. The maximum atomic E-state index is 8.95. The standard InChI is InChI=1S/C12H12N4/c1-7-3-4-9-5-10(6-13)12(16-14)15-11(9)8(7)2/h3-5H,14H2,1-2H3,(H,15,16). The van der Waals surface area contributed by atoms with E-state index in [1.807, 2.05) is 26.0 Å². The fourth-order valence-corrected chi connectivity index (χ4v) is 1.68. The van der Waals surface area contributed by atoms with E-state index in [-0.39, 0.29) is 0 Å². The monoisotopic (exact) mass is 212 g/mol. The number of benzene rings is 1. The predicted molar refractivity (Wildman–Crippen MR) is 63.7 cm³/mol. The van der Waals surface area contributed by atoms with Gasteiger partial charge in [-0.1, -0.05) is 12.1 Å². The van der Waals surface area contributed by atoms with Gasteiger partial charge in [-0.2, -0.15) is 5.26 Å². The Labute approximate surface area is 93.7 Å². The fraction of sp³-hybridized carbons (Fsp3) is 0.167. The Bertz CT molecular complexity index is 596. The van der Waals surface area contributed by atoms with Gasteiger partial charge in [-0.3, -0.25) is 0 Å². The maximum Gasteiger partial charge on any atom is 0.158 e. The largest absolute Gasteiger partial charge is 0.307 e. The van der Waals surface area contributed by atoms with E-state index in [0.717, 1.165) is 16.5 Å². The fourth-order valence-electron chi connectivity index (χ4n) is 1.68. The number of anilines is 1. The van der Waals surface area contributed by atoms with Gasteiger partial charge in [-0.15, -0.1) is 0 Å². The smallest absolute Gasteiger partial charge is 0.158 e. The summed E-state index contributed by atoms with van der Waals surface area (Å²) in [5.41, 5.74) is 6.07. The van der Waals surface area contributed by atoms with Crippen molar-refractivity contribution >= 4 is 16.7 Å². The topological polar surface area (TPSA) is 74.7 Å². The number of fused-ring (bicyclic) bond motifs is 1. The third-order valence-electron chi connectivity index (χ3n) is 2.77. The Morgan fingerprint density at radius 3 is 2.75 bits per heavy atom. The number of nitrogens with one attached hydrogen (secondary N) is 1. The molecule has 1 aromatic carbocycles. The van der Waals surface area contributed by atoms with E-state index in [1.54, 1.807) is 6.07 Å². The number of pyridine rings is 1. The van der Waals surface area contributed by atoms with Crippen LogP contribution >= 0.6 is 0 Å². The number of nitrogens with two attached hydrogens (primary N) is 1. The van der Waals surface area contributed by atoms with Crippen LogP contribution in [0.4, 0.5) is 5.82 Å². The Kier molecular flexibility index (Phi) is 2.47. The molecule has 0 fully saturated rings. The van der Waals surface area contributed by atoms with Crippen molar-refractivity contribution in [3.8, 4) is 6.07 Å². The number of nitriles is 1. The Morgan fingerprint density at radius 1 is 1.38 bits per heavy atom. The highest BCUT2D eigenvalue weighted by Gasteiger charge is 2.08. The summed E-state index contributed by atoms with van der Waals surface area (Å²) in [5, 5.41) is 9.90. The average molecular weight is 212 g/mol. The molecule has 2 aromatic rings. The van der Waals surface area contributed by atoms with Crippen molar-refractivity contribution in [2.75, 3.05) is 5.43 Å². The summed E-state index contributed by atoms with van der Waals surface area (Å²) in [7, 11) is 0. The second kappa shape index (κ2) is 3.80. The molecular formula is C12H12N4. The van der Waals surface area contributed by atoms with Gasteiger partial charge >= 0.3 is 0 Å². The zero-order valence-electron chi connectivity index (χ0n) is 9.20. The number of hydrogen-bond acceptors (Lipinski definition) is 4. The molecule has 1 aromatic heterocycles. The predicted octanol–water partition coefficient (Wildman–Crippen LogP) is 2.01. The first-order valence-electron chi connectivity index (χ1n) is 4.95. The molecule has 4 nitrogen and oxygen atoms in total. The Hall–Kier alpha value is -2.12. The number of nitrogens with zero attached hydrogens (tertiary/aromatic N) is 2. The van der Waals surface area contributed by atoms with E-state index in [1.165, 1.54) is 5.56 Å². The van der Waals surface area contributed by atoms with Crippen LogP contribution in [0.5, 0.6) is 0 Å². The first-order chi connectivity index (χ1) is 7.67. The lowest BCUT2D eigenvalue weighted by Gasteiger charge is -2.08. The van der Waals surface area contributed by atoms with Gasteiger partial charge in [0.1, 0.15) is 6.07 Å². The third-order valence-corrected chi connectivity index (χ3v) is 2.77. The first-order valence-corrected chi connectivity index (χ1v) is 4.95. The van der Waals surface area contributed by atoms with Crippen LogP contribution in [0.1, 0.15) is 16.7 Å². The van der Waals surface area contributed by atoms with Gasteiger partial charge in [0, 0.05) is 5.39 Å². The molecule has 0 spiro atoms. The molecule has 1 heterocycles. The van der Waals surface area contributed by atoms with Crippen LogP contribution in [0.15, 0.2) is 18.2 Å². The molecule has 80 valence electrons. The van der Waals surface area contributed by atoms with Gasteiger partial charge in [0.25, 0.3) is 0 Å². The second-order valence-electron chi connectivity index (χ2n) is 3.72. The van der Waals surface area contributed by atoms with Crippen LogP contribution in [0.3, 0.4) is 0 Å². The summed E-state index contributed by atoms with van der Waals surface area (Å²) in [6.07, 6.45) is 0. The molecular weight excluding hydrogens is 200 g/mol. The number of nitrogen functional groups attached to an aromatic ring is 1. The SMILES string of the molecule is Cc1ccc2cc(C#N)c(NN)nc2c1C. The van der Waals surface area contributed by atoms with Gasteiger partial charge in [-0.05, 0) is 31.0 Å². The third kappa shape index (κ3) is 1.47. The van der Waals surface area contributed by atoms with Crippen LogP contribution in [-0.4, -0.2) is 4.98 Å². The van der Waals surface area contributed by atoms with E-state index >= 15 is 0 Å². The van der Waals surface area contributed by atoms with Gasteiger partial charge in [0.2, 0.25) is 0 Å². The lowest BCUT2D eigenvalue weighted by Crippen LogP contribution is -2.10. The number of hydrazine groups is 1. The van der Waals surface area contributed by atoms with Crippen molar-refractivity contribution in [3.05, 3.63) is 34.9 Å². The minimum absolute atomic E-state index is 0.420. The summed E-state index contributed by atoms with van der Waals surface area (Å²) < 4.78 is 0. The highest BCUT2D eigenvalue weighted by molar-refractivity contribution is 5.86. The molecule has 0 radical (unpaired) electrons. The van der Waals surface area contributed by atoms with E-state index < -0.39 is 0 Å². The highest BCUT2D eigenvalue weighted by Crippen LogP contribution is 2.23. The minimum Gasteiger partial charge on any atom is -0.307 e. The molecule has 0 aliphatic carbocycles. The molecule has 3 N–H and O–H groups in total. The summed E-state index contributed by atoms with van der Waals surface area (Å²) in [6.45, 7) is 4.04. The van der Waals surface area contributed by atoms with Crippen molar-refractivity contribution < 1.29 is 0 Å². The quantitative estimate of drug-likeness (QED) is 0.560. The Balaban J connectivity index is 2.85. The zero-order chi connectivity index (χ0) is 11.7. The van der Waals surface area contributed by atoms with Crippen molar-refractivity contribution in [2.45, 2.75) is 13.8 Å². The lowest BCUT2D eigenvalue weighted by molar-refractivity contribution is 1.23. The molecule has 0 amide bonds. The zero-order valence-corrected chi connectivity index (χ0v) is 9.20. The molecule has 16 heavy (non-hydrogen) atoms. The number of hydrogen-bond donors (Lipinski definition) is 2. The molecule has 0 aliphatic rings. The normalized spacial score (nSPS) is 10.1. The van der Waals surface area contributed by atoms with E-state index in [9.17, 15) is 0 Å². The highest BCUT2D eigenvalue weighted by atomic mass is 15.2. The van der Waals surface area contributed by atoms with Gasteiger partial charge in [0.15, 0.2) is 5.82 Å². The molecule has 2 rings (SSSR count). The number of aryl methyl sites for hydroxylation is 2. The van der Waals surface area contributed by atoms with Crippen LogP contribution < -0.4 is 11.3 Å². The summed E-state index contributed by atoms with van der Waals surface area (Å²) in [6, 6.07) is 7.85. The van der Waals surface area contributed by atoms with E-state index in [0.29, 0.717) is 11.4 Å². The van der Waals surface area contributed by atoms with E-state index in [4.69, 9.17) is 11.1 Å². The Morgan fingerprint density at radius 2 is 2.12 bits per heavy atom. The van der Waals surface area contributed by atoms with Crippen LogP contribution in [-0.2, 0) is 0 Å². The molecule has 0 unspecified atom stereocenters. The summed E-state index contributed by atoms with van der Waals surface area (Å²) in [4.78, 5) is 4.37. The van der Waals surface area contributed by atoms with Crippen LogP contribution in [0.25, 0.3) is 10.9 Å². The maximum absolute atomic E-state index is 8.95. The van der Waals surface area contributed by atoms with Crippen molar-refractivity contribution in [3.63, 3.8) is 0 Å². The summed E-state index contributed by atoms with van der Waals surface area (Å²) >= 11 is 0. The molecule has 0 atom stereocenters. The van der Waals surface area contributed by atoms with E-state index in [2.05, 4.69) is 16.5 Å². The second-order valence-corrected chi connectivity index (χ2v) is 3.72. The van der Waals surface area contributed by atoms with Gasteiger partial charge in [0.05, 0.1) is 11.1 Å². The molecule has 0 saturated carbocycles. The minimum atomic E-state index is 0.420. The summed E-state index contributed by atoms with van der Waals surface area (Å²) in [5.74, 6) is 5.76. The van der Waals surface area contributed by atoms with Crippen LogP contribution in [0.2, 0.25) is 0 Å². The average Bonchev–Trinajstić information content (AvgIpc) is 2.32. The first kappa shape index (κ1) is 10.4. The van der Waals surface area contributed by atoms with Crippen molar-refractivity contribution in [2.24, 2.45) is 5.84 Å². The molecule has 0 saturated heterocycles. The lowest BCUT2D eigenvalue weighted by atomic mass is 10.0. The molecule has 0 aliphatic heterocycles. The van der Waals surface area contributed by atoms with Gasteiger partial charge < -0.3 is 5.43 Å². The van der Waals surface area contributed by atoms with Gasteiger partial charge in [-0.25, -0.2) is 10.8 Å². The number of aromatic nitrogens is 1. The van der Waals surface area contributed by atoms with Crippen molar-refractivity contribution in [1.29, 1.82) is 5.26 Å². The van der Waals surface area contributed by atoms with Crippen molar-refractivity contribution in [1.82, 2.24) is 4.98 Å². The molecule has 0 bridgehead atoms.